The second kappa shape index (κ2) is 11.1. The number of nitrogens with one attached hydrogen (secondary N) is 2. The highest BCUT2D eigenvalue weighted by Gasteiger charge is 2.17. The van der Waals surface area contributed by atoms with Crippen LogP contribution in [0.2, 0.25) is 0 Å². The maximum atomic E-state index is 12.5. The number of para-hydroxylation sites is 1. The lowest BCUT2D eigenvalue weighted by atomic mass is 10.1. The summed E-state index contributed by atoms with van der Waals surface area (Å²) in [6.07, 6.45) is 2.12. The molecule has 1 atom stereocenters. The Bertz CT molecular complexity index is 731. The van der Waals surface area contributed by atoms with Gasteiger partial charge >= 0.3 is 0 Å². The van der Waals surface area contributed by atoms with E-state index in [9.17, 15) is 9.59 Å². The maximum Gasteiger partial charge on any atom is 0.253 e. The molecule has 0 bridgehead atoms. The molecule has 2 rings (SSSR count). The number of unbranched alkanes of at least 4 members (excludes halogenated alkanes) is 1. The fourth-order valence-electron chi connectivity index (χ4n) is 2.56. The number of amides is 2. The van der Waals surface area contributed by atoms with Crippen molar-refractivity contribution in [3.05, 3.63) is 65.7 Å². The van der Waals surface area contributed by atoms with Gasteiger partial charge in [0.25, 0.3) is 11.8 Å². The van der Waals surface area contributed by atoms with E-state index >= 15 is 0 Å². The SMILES string of the molecule is CCCCOC(C)C(=O)Nc1ccccc1C(=O)NCCc1ccccc1. The van der Waals surface area contributed by atoms with Crippen LogP contribution in [-0.2, 0) is 16.0 Å². The Labute approximate surface area is 161 Å². The summed E-state index contributed by atoms with van der Waals surface area (Å²) >= 11 is 0. The Morgan fingerprint density at radius 1 is 1.04 bits per heavy atom. The van der Waals surface area contributed by atoms with E-state index in [0.29, 0.717) is 24.4 Å². The van der Waals surface area contributed by atoms with Crippen LogP contribution >= 0.6 is 0 Å². The lowest BCUT2D eigenvalue weighted by Crippen LogP contribution is -2.30. The van der Waals surface area contributed by atoms with E-state index in [2.05, 4.69) is 17.6 Å². The van der Waals surface area contributed by atoms with E-state index in [-0.39, 0.29) is 11.8 Å². The summed E-state index contributed by atoms with van der Waals surface area (Å²) in [6, 6.07) is 17.0. The highest BCUT2D eigenvalue weighted by atomic mass is 16.5. The third-order valence-electron chi connectivity index (χ3n) is 4.21. The molecule has 144 valence electrons. The fraction of sp³-hybridized carbons (Fsp3) is 0.364. The largest absolute Gasteiger partial charge is 0.369 e. The van der Waals surface area contributed by atoms with Crippen LogP contribution in [0, 0.1) is 0 Å². The number of benzene rings is 2. The zero-order chi connectivity index (χ0) is 19.5. The predicted molar refractivity (Wildman–Crippen MR) is 108 cm³/mol. The summed E-state index contributed by atoms with van der Waals surface area (Å²) < 4.78 is 5.52. The number of anilines is 1. The zero-order valence-electron chi connectivity index (χ0n) is 16.0. The number of hydrogen-bond donors (Lipinski definition) is 2. The predicted octanol–water partition coefficient (Wildman–Crippen LogP) is 3.80. The summed E-state index contributed by atoms with van der Waals surface area (Å²) in [7, 11) is 0. The monoisotopic (exact) mass is 368 g/mol. The van der Waals surface area contributed by atoms with Gasteiger partial charge in [0.05, 0.1) is 11.3 Å². The molecule has 5 heteroatoms. The smallest absolute Gasteiger partial charge is 0.253 e. The quantitative estimate of drug-likeness (QED) is 0.627. The van der Waals surface area contributed by atoms with Gasteiger partial charge in [0.1, 0.15) is 6.10 Å². The minimum Gasteiger partial charge on any atom is -0.369 e. The number of rotatable bonds is 10. The van der Waals surface area contributed by atoms with Gasteiger partial charge in [0.2, 0.25) is 0 Å². The Morgan fingerprint density at radius 2 is 1.74 bits per heavy atom. The molecule has 0 saturated carbocycles. The first-order valence-electron chi connectivity index (χ1n) is 9.45. The first-order chi connectivity index (χ1) is 13.1. The normalized spacial score (nSPS) is 11.6. The van der Waals surface area contributed by atoms with Gasteiger partial charge in [0.15, 0.2) is 0 Å². The van der Waals surface area contributed by atoms with E-state index in [1.807, 2.05) is 30.3 Å². The Hall–Kier alpha value is -2.66. The van der Waals surface area contributed by atoms with Crippen LogP contribution in [0.3, 0.4) is 0 Å². The van der Waals surface area contributed by atoms with Crippen molar-refractivity contribution in [2.75, 3.05) is 18.5 Å². The summed E-state index contributed by atoms with van der Waals surface area (Å²) in [5.41, 5.74) is 2.10. The Balaban J connectivity index is 1.91. The fourth-order valence-corrected chi connectivity index (χ4v) is 2.56. The molecule has 0 aliphatic carbocycles. The van der Waals surface area contributed by atoms with E-state index < -0.39 is 6.10 Å². The number of hydrogen-bond acceptors (Lipinski definition) is 3. The molecule has 2 aromatic rings. The van der Waals surface area contributed by atoms with E-state index in [1.54, 1.807) is 31.2 Å². The van der Waals surface area contributed by atoms with Crippen LogP contribution in [0.25, 0.3) is 0 Å². The van der Waals surface area contributed by atoms with Gasteiger partial charge in [-0.25, -0.2) is 0 Å². The van der Waals surface area contributed by atoms with Crippen molar-refractivity contribution in [2.24, 2.45) is 0 Å². The molecule has 0 spiro atoms. The number of ether oxygens (including phenoxy) is 1. The second-order valence-electron chi connectivity index (χ2n) is 6.39. The zero-order valence-corrected chi connectivity index (χ0v) is 16.0. The highest BCUT2D eigenvalue weighted by Crippen LogP contribution is 2.16. The molecular formula is C22H28N2O3. The summed E-state index contributed by atoms with van der Waals surface area (Å²) in [5, 5.41) is 5.71. The molecule has 1 unspecified atom stereocenters. The summed E-state index contributed by atoms with van der Waals surface area (Å²) in [6.45, 7) is 4.86. The van der Waals surface area contributed by atoms with E-state index in [1.165, 1.54) is 0 Å². The lowest BCUT2D eigenvalue weighted by molar-refractivity contribution is -0.126. The Morgan fingerprint density at radius 3 is 2.48 bits per heavy atom. The highest BCUT2D eigenvalue weighted by molar-refractivity contribution is 6.04. The minimum absolute atomic E-state index is 0.207. The summed E-state index contributed by atoms with van der Waals surface area (Å²) in [5.74, 6) is -0.461. The van der Waals surface area contributed by atoms with Gasteiger partial charge in [0, 0.05) is 13.2 Å². The molecular weight excluding hydrogens is 340 g/mol. The average molecular weight is 368 g/mol. The molecule has 0 aliphatic rings. The van der Waals surface area contributed by atoms with Crippen LogP contribution < -0.4 is 10.6 Å². The minimum atomic E-state index is -0.564. The van der Waals surface area contributed by atoms with Crippen LogP contribution in [-0.4, -0.2) is 31.1 Å². The molecule has 5 nitrogen and oxygen atoms in total. The van der Waals surface area contributed by atoms with Crippen molar-refractivity contribution in [1.82, 2.24) is 5.32 Å². The van der Waals surface area contributed by atoms with Gasteiger partial charge < -0.3 is 15.4 Å². The lowest BCUT2D eigenvalue weighted by Gasteiger charge is -2.15. The second-order valence-corrected chi connectivity index (χ2v) is 6.39. The van der Waals surface area contributed by atoms with Crippen molar-refractivity contribution in [2.45, 2.75) is 39.2 Å². The number of carbonyl (C=O) groups is 2. The van der Waals surface area contributed by atoms with E-state index in [0.717, 1.165) is 24.8 Å². The Kier molecular flexibility index (Phi) is 8.52. The molecule has 0 saturated heterocycles. The molecule has 0 aromatic heterocycles. The average Bonchev–Trinajstić information content (AvgIpc) is 2.69. The topological polar surface area (TPSA) is 67.4 Å². The molecule has 0 heterocycles. The molecule has 0 radical (unpaired) electrons. The van der Waals surface area contributed by atoms with Gasteiger partial charge in [-0.2, -0.15) is 0 Å². The molecule has 2 amide bonds. The van der Waals surface area contributed by atoms with Crippen LogP contribution in [0.1, 0.15) is 42.6 Å². The van der Waals surface area contributed by atoms with Crippen LogP contribution in [0.4, 0.5) is 5.69 Å². The van der Waals surface area contributed by atoms with E-state index in [4.69, 9.17) is 4.74 Å². The standard InChI is InChI=1S/C22H28N2O3/c1-3-4-16-27-17(2)21(25)24-20-13-9-8-12-19(20)22(26)23-15-14-18-10-6-5-7-11-18/h5-13,17H,3-4,14-16H2,1-2H3,(H,23,26)(H,24,25). The van der Waals surface area contributed by atoms with Crippen molar-refractivity contribution < 1.29 is 14.3 Å². The molecule has 0 aliphatic heterocycles. The van der Waals surface area contributed by atoms with Crippen molar-refractivity contribution in [3.8, 4) is 0 Å². The molecule has 27 heavy (non-hydrogen) atoms. The molecule has 2 aromatic carbocycles. The first kappa shape index (κ1) is 20.6. The van der Waals surface area contributed by atoms with Crippen molar-refractivity contribution in [3.63, 3.8) is 0 Å². The van der Waals surface area contributed by atoms with Gasteiger partial charge in [-0.3, -0.25) is 9.59 Å². The van der Waals surface area contributed by atoms with Gasteiger partial charge in [-0.15, -0.1) is 0 Å². The van der Waals surface area contributed by atoms with Crippen LogP contribution in [0.5, 0.6) is 0 Å². The first-order valence-corrected chi connectivity index (χ1v) is 9.45. The van der Waals surface area contributed by atoms with Crippen molar-refractivity contribution in [1.29, 1.82) is 0 Å². The van der Waals surface area contributed by atoms with Crippen LogP contribution in [0.15, 0.2) is 54.6 Å². The third-order valence-corrected chi connectivity index (χ3v) is 4.21. The van der Waals surface area contributed by atoms with Gasteiger partial charge in [-0.1, -0.05) is 55.8 Å². The maximum absolute atomic E-state index is 12.5. The molecule has 2 N–H and O–H groups in total. The number of carbonyl (C=O) groups excluding carboxylic acids is 2. The molecule has 0 fully saturated rings. The van der Waals surface area contributed by atoms with Gasteiger partial charge in [-0.05, 0) is 37.5 Å². The summed E-state index contributed by atoms with van der Waals surface area (Å²) in [4.78, 5) is 24.8. The third kappa shape index (κ3) is 6.87. The van der Waals surface area contributed by atoms with Crippen molar-refractivity contribution >= 4 is 17.5 Å².